The summed E-state index contributed by atoms with van der Waals surface area (Å²) < 4.78 is 0.176. The van der Waals surface area contributed by atoms with Crippen LogP contribution in [0.2, 0.25) is 0 Å². The van der Waals surface area contributed by atoms with Crippen molar-refractivity contribution in [3.8, 4) is 0 Å². The Balaban J connectivity index is 2.72. The largest absolute Gasteiger partial charge is 0.410 e. The van der Waals surface area contributed by atoms with E-state index >= 15 is 0 Å². The lowest BCUT2D eigenvalue weighted by Gasteiger charge is -2.30. The van der Waals surface area contributed by atoms with Gasteiger partial charge in [-0.15, -0.1) is 11.8 Å². The summed E-state index contributed by atoms with van der Waals surface area (Å²) in [5, 5.41) is 16.0. The summed E-state index contributed by atoms with van der Waals surface area (Å²) in [4.78, 5) is 12.2. The van der Waals surface area contributed by atoms with Gasteiger partial charge in [0.05, 0.1) is 10.5 Å². The number of hydrogen-bond donors (Lipinski definition) is 2. The first-order chi connectivity index (χ1) is 10.8. The van der Waals surface area contributed by atoms with Crippen molar-refractivity contribution in [2.45, 2.75) is 38.0 Å². The molecule has 2 N–H and O–H groups in total. The molecule has 0 bridgehead atoms. The van der Waals surface area contributed by atoms with Crippen LogP contribution in [0.25, 0.3) is 0 Å². The smallest absolute Gasteiger partial charge is 0.230 e. The van der Waals surface area contributed by atoms with Crippen molar-refractivity contribution >= 4 is 34.5 Å². The molecule has 0 aromatic heterocycles. The maximum absolute atomic E-state index is 12.2. The van der Waals surface area contributed by atoms with E-state index < -0.39 is 5.92 Å². The van der Waals surface area contributed by atoms with Gasteiger partial charge in [0.1, 0.15) is 5.04 Å². The standard InChI is InChI=1S/C17H26N2O2S2/c1-12(22-11-13-9-7-6-8-10-13)23-16(19-21)14(15(20)18-5)17(2,3)4/h6-10,12,14,21H,11H2,1-5H3,(H,18,20). The molecular formula is C17H26N2O2S2. The number of rotatable bonds is 6. The fourth-order valence-corrected chi connectivity index (χ4v) is 4.54. The molecule has 4 nitrogen and oxygen atoms in total. The average molecular weight is 355 g/mol. The molecule has 1 aromatic rings. The lowest BCUT2D eigenvalue weighted by atomic mass is 9.80. The summed E-state index contributed by atoms with van der Waals surface area (Å²) in [6.07, 6.45) is 0. The minimum atomic E-state index is -0.470. The van der Waals surface area contributed by atoms with Crippen LogP contribution in [0.1, 0.15) is 33.3 Å². The van der Waals surface area contributed by atoms with Gasteiger partial charge in [-0.3, -0.25) is 4.79 Å². The van der Waals surface area contributed by atoms with Crippen LogP contribution in [0, 0.1) is 11.3 Å². The van der Waals surface area contributed by atoms with Crippen LogP contribution in [0.15, 0.2) is 35.5 Å². The normalized spacial score (nSPS) is 15.1. The molecule has 1 aromatic carbocycles. The van der Waals surface area contributed by atoms with Gasteiger partial charge in [0.25, 0.3) is 0 Å². The molecule has 0 saturated carbocycles. The molecule has 0 heterocycles. The Morgan fingerprint density at radius 1 is 1.30 bits per heavy atom. The molecule has 1 rings (SSSR count). The van der Waals surface area contributed by atoms with E-state index in [-0.39, 0.29) is 15.9 Å². The summed E-state index contributed by atoms with van der Waals surface area (Å²) in [5.41, 5.74) is 0.935. The van der Waals surface area contributed by atoms with Crippen molar-refractivity contribution in [1.29, 1.82) is 0 Å². The second-order valence-corrected chi connectivity index (χ2v) is 9.32. The van der Waals surface area contributed by atoms with Crippen LogP contribution in [0.3, 0.4) is 0 Å². The Hall–Kier alpha value is -1.14. The minimum Gasteiger partial charge on any atom is -0.410 e. The minimum absolute atomic E-state index is 0.127. The highest BCUT2D eigenvalue weighted by Crippen LogP contribution is 2.36. The highest BCUT2D eigenvalue weighted by atomic mass is 32.2. The maximum atomic E-state index is 12.2. The zero-order valence-electron chi connectivity index (χ0n) is 14.4. The van der Waals surface area contributed by atoms with Crippen LogP contribution in [0.4, 0.5) is 0 Å². The first kappa shape index (κ1) is 19.9. The molecule has 2 atom stereocenters. The van der Waals surface area contributed by atoms with Crippen LogP contribution >= 0.6 is 23.5 Å². The highest BCUT2D eigenvalue weighted by molar-refractivity contribution is 8.24. The summed E-state index contributed by atoms with van der Waals surface area (Å²) in [5.74, 6) is 0.286. The quantitative estimate of drug-likeness (QED) is 0.264. The maximum Gasteiger partial charge on any atom is 0.230 e. The Morgan fingerprint density at radius 2 is 1.91 bits per heavy atom. The third-order valence-corrected chi connectivity index (χ3v) is 5.89. The molecule has 0 fully saturated rings. The van der Waals surface area contributed by atoms with E-state index in [0.717, 1.165) is 5.75 Å². The van der Waals surface area contributed by atoms with Gasteiger partial charge in [0.15, 0.2) is 0 Å². The molecule has 0 aliphatic rings. The fraction of sp³-hybridized carbons (Fsp3) is 0.529. The van der Waals surface area contributed by atoms with Gasteiger partial charge in [-0.25, -0.2) is 0 Å². The zero-order chi connectivity index (χ0) is 17.5. The lowest BCUT2D eigenvalue weighted by molar-refractivity contribution is -0.124. The number of carbonyl (C=O) groups excluding carboxylic acids is 1. The van der Waals surface area contributed by atoms with Crippen molar-refractivity contribution in [1.82, 2.24) is 5.32 Å². The number of nitrogens with one attached hydrogen (secondary N) is 1. The van der Waals surface area contributed by atoms with Crippen molar-refractivity contribution in [2.75, 3.05) is 7.05 Å². The van der Waals surface area contributed by atoms with Gasteiger partial charge >= 0.3 is 0 Å². The Kier molecular flexibility index (Phi) is 7.99. The number of nitrogens with zero attached hydrogens (tertiary/aromatic N) is 1. The third kappa shape index (κ3) is 6.47. The van der Waals surface area contributed by atoms with E-state index in [1.165, 1.54) is 17.3 Å². The molecule has 0 saturated heterocycles. The van der Waals surface area contributed by atoms with Gasteiger partial charge in [0, 0.05) is 12.8 Å². The van der Waals surface area contributed by atoms with Gasteiger partial charge in [-0.2, -0.15) is 0 Å². The van der Waals surface area contributed by atoms with Crippen LogP contribution < -0.4 is 5.32 Å². The molecule has 2 unspecified atom stereocenters. The van der Waals surface area contributed by atoms with Crippen LogP contribution in [0.5, 0.6) is 0 Å². The van der Waals surface area contributed by atoms with E-state index in [1.807, 2.05) is 39.0 Å². The van der Waals surface area contributed by atoms with E-state index in [9.17, 15) is 10.0 Å². The monoisotopic (exact) mass is 354 g/mol. The van der Waals surface area contributed by atoms with Crippen molar-refractivity contribution in [3.63, 3.8) is 0 Å². The van der Waals surface area contributed by atoms with Gasteiger partial charge in [-0.1, -0.05) is 68.0 Å². The van der Waals surface area contributed by atoms with Crippen LogP contribution in [-0.4, -0.2) is 27.8 Å². The van der Waals surface area contributed by atoms with Gasteiger partial charge in [-0.05, 0) is 17.9 Å². The Bertz CT molecular complexity index is 527. The highest BCUT2D eigenvalue weighted by Gasteiger charge is 2.36. The topological polar surface area (TPSA) is 61.7 Å². The lowest BCUT2D eigenvalue weighted by Crippen LogP contribution is -2.40. The number of amides is 1. The van der Waals surface area contributed by atoms with E-state index in [4.69, 9.17) is 0 Å². The summed E-state index contributed by atoms with van der Waals surface area (Å²) in [6.45, 7) is 7.98. The van der Waals surface area contributed by atoms with Crippen LogP contribution in [-0.2, 0) is 10.5 Å². The van der Waals surface area contributed by atoms with Crippen molar-refractivity contribution in [3.05, 3.63) is 35.9 Å². The third-order valence-electron chi connectivity index (χ3n) is 3.33. The molecule has 23 heavy (non-hydrogen) atoms. The molecule has 1 amide bonds. The molecular weight excluding hydrogens is 328 g/mol. The predicted octanol–water partition coefficient (Wildman–Crippen LogP) is 4.20. The molecule has 6 heteroatoms. The Morgan fingerprint density at radius 3 is 2.39 bits per heavy atom. The average Bonchev–Trinajstić information content (AvgIpc) is 2.51. The predicted molar refractivity (Wildman–Crippen MR) is 101 cm³/mol. The molecule has 0 aliphatic carbocycles. The summed E-state index contributed by atoms with van der Waals surface area (Å²) in [7, 11) is 1.61. The first-order valence-corrected chi connectivity index (χ1v) is 9.48. The first-order valence-electron chi connectivity index (χ1n) is 7.55. The Labute approximate surface area is 147 Å². The summed E-state index contributed by atoms with van der Waals surface area (Å²) >= 11 is 3.20. The van der Waals surface area contributed by atoms with E-state index in [1.54, 1.807) is 18.8 Å². The second kappa shape index (κ2) is 9.23. The fourth-order valence-electron chi connectivity index (χ4n) is 2.16. The van der Waals surface area contributed by atoms with E-state index in [2.05, 4.69) is 29.5 Å². The molecule has 0 radical (unpaired) electrons. The number of thioether (sulfide) groups is 2. The summed E-state index contributed by atoms with van der Waals surface area (Å²) in [6, 6.07) is 10.2. The SMILES string of the molecule is CNC(=O)C(C(=NO)SC(C)SCc1ccccc1)C(C)(C)C. The number of hydrogen-bond acceptors (Lipinski definition) is 5. The number of carbonyl (C=O) groups is 1. The second-order valence-electron chi connectivity index (χ2n) is 6.33. The molecule has 0 spiro atoms. The number of oxime groups is 1. The van der Waals surface area contributed by atoms with Crippen molar-refractivity contribution < 1.29 is 10.0 Å². The van der Waals surface area contributed by atoms with Crippen molar-refractivity contribution in [2.24, 2.45) is 16.5 Å². The van der Waals surface area contributed by atoms with Gasteiger partial charge < -0.3 is 10.5 Å². The molecule has 128 valence electrons. The molecule has 0 aliphatic heterocycles. The van der Waals surface area contributed by atoms with E-state index in [0.29, 0.717) is 5.04 Å². The van der Waals surface area contributed by atoms with Gasteiger partial charge in [0.2, 0.25) is 5.91 Å². The zero-order valence-corrected chi connectivity index (χ0v) is 16.0. The number of benzene rings is 1.